The number of hydrogen-bond acceptors (Lipinski definition) is 5. The summed E-state index contributed by atoms with van der Waals surface area (Å²) in [5.41, 5.74) is 2.85. The second-order valence-electron chi connectivity index (χ2n) is 9.00. The highest BCUT2D eigenvalue weighted by atomic mass is 28.3. The number of carbonyl (C=O) groups is 1. The summed E-state index contributed by atoms with van der Waals surface area (Å²) in [5.74, 6) is 2.62. The van der Waals surface area contributed by atoms with Gasteiger partial charge in [-0.15, -0.1) is 0 Å². The van der Waals surface area contributed by atoms with Crippen LogP contribution in [0.15, 0.2) is 42.5 Å². The normalized spacial score (nSPS) is 16.2. The molecule has 0 saturated carbocycles. The number of nitrogens with zero attached hydrogens (tertiary/aromatic N) is 1. The highest BCUT2D eigenvalue weighted by molar-refractivity contribution is 6.49. The second kappa shape index (κ2) is 8.90. The number of benzene rings is 2. The number of amides is 1. The quantitative estimate of drug-likeness (QED) is 0.323. The van der Waals surface area contributed by atoms with E-state index in [4.69, 9.17) is 18.6 Å². The van der Waals surface area contributed by atoms with Gasteiger partial charge in [-0.25, -0.2) is 0 Å². The predicted octanol–water partition coefficient (Wildman–Crippen LogP) is 5.28. The van der Waals surface area contributed by atoms with Crippen LogP contribution in [0, 0.1) is 0 Å². The van der Waals surface area contributed by atoms with Crippen LogP contribution in [0.2, 0.25) is 13.1 Å². The van der Waals surface area contributed by atoms with Crippen molar-refractivity contribution >= 4 is 20.6 Å². The summed E-state index contributed by atoms with van der Waals surface area (Å²) in [4.78, 5) is 14.7. The number of anilines is 1. The van der Waals surface area contributed by atoms with Gasteiger partial charge in [0.15, 0.2) is 0 Å². The van der Waals surface area contributed by atoms with Crippen LogP contribution in [0.1, 0.15) is 37.9 Å². The largest absolute Gasteiger partial charge is 0.542 e. The van der Waals surface area contributed by atoms with Crippen LogP contribution >= 0.6 is 0 Å². The molecule has 1 saturated heterocycles. The Morgan fingerprint density at radius 1 is 0.969 bits per heavy atom. The van der Waals surface area contributed by atoms with E-state index in [2.05, 4.69) is 40.4 Å². The van der Waals surface area contributed by atoms with Crippen molar-refractivity contribution in [3.8, 4) is 23.0 Å². The molecule has 2 aromatic carbocycles. The van der Waals surface area contributed by atoms with Gasteiger partial charge in [-0.05, 0) is 30.6 Å². The SMILES string of the molecule is C=C1C(=O)N(c2cc(OC)cc(OC)c2)[C@H]1c1ccc(OC)c(C(C)(C)C)c1O[Si](C)C. The fraction of sp³-hybridized carbons (Fsp3) is 0.400. The molecule has 1 radical (unpaired) electrons. The van der Waals surface area contributed by atoms with E-state index < -0.39 is 9.04 Å². The lowest BCUT2D eigenvalue weighted by atomic mass is 9.80. The Kier molecular flexibility index (Phi) is 6.60. The zero-order valence-electron chi connectivity index (χ0n) is 20.2. The molecule has 3 rings (SSSR count). The Morgan fingerprint density at radius 2 is 1.56 bits per heavy atom. The van der Waals surface area contributed by atoms with E-state index in [1.165, 1.54) is 0 Å². The average molecular weight is 455 g/mol. The highest BCUT2D eigenvalue weighted by Gasteiger charge is 2.45. The highest BCUT2D eigenvalue weighted by Crippen LogP contribution is 2.51. The van der Waals surface area contributed by atoms with Crippen LogP contribution in [0.5, 0.6) is 23.0 Å². The topological polar surface area (TPSA) is 57.2 Å². The lowest BCUT2D eigenvalue weighted by Gasteiger charge is -2.44. The summed E-state index contributed by atoms with van der Waals surface area (Å²) < 4.78 is 23.0. The van der Waals surface area contributed by atoms with E-state index in [0.717, 1.165) is 22.6 Å². The van der Waals surface area contributed by atoms with E-state index in [0.29, 0.717) is 22.8 Å². The molecule has 1 heterocycles. The fourth-order valence-corrected chi connectivity index (χ4v) is 4.62. The van der Waals surface area contributed by atoms with Crippen LogP contribution in [-0.2, 0) is 10.2 Å². The van der Waals surface area contributed by atoms with Crippen LogP contribution < -0.4 is 23.5 Å². The molecule has 2 aromatic rings. The average Bonchev–Trinajstić information content (AvgIpc) is 2.74. The fourth-order valence-electron chi connectivity index (χ4n) is 3.99. The molecule has 1 atom stereocenters. The maximum Gasteiger partial charge on any atom is 0.274 e. The van der Waals surface area contributed by atoms with E-state index in [1.54, 1.807) is 32.3 Å². The van der Waals surface area contributed by atoms with E-state index >= 15 is 0 Å². The molecular formula is C25H32NO5Si. The van der Waals surface area contributed by atoms with Crippen molar-refractivity contribution < 1.29 is 23.4 Å². The zero-order valence-corrected chi connectivity index (χ0v) is 21.2. The Labute approximate surface area is 192 Å². The van der Waals surface area contributed by atoms with E-state index in [1.807, 2.05) is 24.3 Å². The number of ether oxygens (including phenoxy) is 3. The van der Waals surface area contributed by atoms with Gasteiger partial charge in [-0.1, -0.05) is 27.4 Å². The third-order valence-electron chi connectivity index (χ3n) is 5.42. The molecule has 0 unspecified atom stereocenters. The summed E-state index contributed by atoms with van der Waals surface area (Å²) in [6, 6.07) is 8.98. The molecule has 0 aromatic heterocycles. The molecule has 0 bridgehead atoms. The maximum absolute atomic E-state index is 13.0. The first kappa shape index (κ1) is 23.7. The Balaban J connectivity index is 2.22. The van der Waals surface area contributed by atoms with Gasteiger partial charge in [-0.2, -0.15) is 0 Å². The summed E-state index contributed by atoms with van der Waals surface area (Å²) in [7, 11) is 3.75. The zero-order chi connectivity index (χ0) is 23.8. The standard InChI is InChI=1S/C25H32NO5Si/c1-15-22(26(24(15)27)16-12-17(28-5)14-18(13-16)29-6)19-10-11-20(30-7)21(25(2,3)4)23(19)31-32(8)9/h10-14,22H,1H2,2-9H3/t22-/m1/s1. The molecule has 1 aliphatic rings. The molecule has 171 valence electrons. The number of rotatable bonds is 7. The smallest absolute Gasteiger partial charge is 0.274 e. The molecular weight excluding hydrogens is 422 g/mol. The summed E-state index contributed by atoms with van der Waals surface area (Å²) in [6.07, 6.45) is 0. The third kappa shape index (κ3) is 4.21. The van der Waals surface area contributed by atoms with Gasteiger partial charge in [0.1, 0.15) is 23.0 Å². The number of methoxy groups -OCH3 is 3. The maximum atomic E-state index is 13.0. The van der Waals surface area contributed by atoms with Gasteiger partial charge in [0.05, 0.1) is 33.1 Å². The Bertz CT molecular complexity index is 1020. The van der Waals surface area contributed by atoms with Crippen molar-refractivity contribution in [2.45, 2.75) is 45.3 Å². The molecule has 7 heteroatoms. The van der Waals surface area contributed by atoms with Crippen LogP contribution in [0.3, 0.4) is 0 Å². The monoisotopic (exact) mass is 454 g/mol. The van der Waals surface area contributed by atoms with Gasteiger partial charge >= 0.3 is 0 Å². The molecule has 6 nitrogen and oxygen atoms in total. The van der Waals surface area contributed by atoms with Gasteiger partial charge in [-0.3, -0.25) is 9.69 Å². The summed E-state index contributed by atoms with van der Waals surface area (Å²) >= 11 is 0. The summed E-state index contributed by atoms with van der Waals surface area (Å²) in [6.45, 7) is 14.6. The lowest BCUT2D eigenvalue weighted by Crippen LogP contribution is -2.49. The minimum absolute atomic E-state index is 0.136. The van der Waals surface area contributed by atoms with Gasteiger partial charge in [0.25, 0.3) is 14.9 Å². The Hall–Kier alpha value is -2.93. The first-order valence-corrected chi connectivity index (χ1v) is 12.9. The van der Waals surface area contributed by atoms with Gasteiger partial charge in [0.2, 0.25) is 0 Å². The number of β-lactam (4-membered cyclic amide) rings is 1. The van der Waals surface area contributed by atoms with Crippen molar-refractivity contribution in [1.29, 1.82) is 0 Å². The van der Waals surface area contributed by atoms with Crippen LogP contribution in [0.4, 0.5) is 5.69 Å². The predicted molar refractivity (Wildman–Crippen MR) is 129 cm³/mol. The molecule has 0 aliphatic carbocycles. The first-order chi connectivity index (χ1) is 15.0. The van der Waals surface area contributed by atoms with Crippen molar-refractivity contribution in [3.05, 3.63) is 53.6 Å². The first-order valence-electron chi connectivity index (χ1n) is 10.5. The van der Waals surface area contributed by atoms with Crippen molar-refractivity contribution in [1.82, 2.24) is 0 Å². The van der Waals surface area contributed by atoms with Crippen LogP contribution in [-0.4, -0.2) is 36.3 Å². The molecule has 0 N–H and O–H groups in total. The van der Waals surface area contributed by atoms with Crippen molar-refractivity contribution in [3.63, 3.8) is 0 Å². The minimum Gasteiger partial charge on any atom is -0.542 e. The Morgan fingerprint density at radius 3 is 2.03 bits per heavy atom. The van der Waals surface area contributed by atoms with Crippen LogP contribution in [0.25, 0.3) is 0 Å². The van der Waals surface area contributed by atoms with Gasteiger partial charge < -0.3 is 18.6 Å². The second-order valence-corrected chi connectivity index (χ2v) is 11.0. The molecule has 1 fully saturated rings. The number of carbonyl (C=O) groups excluding carboxylic acids is 1. The molecule has 1 amide bonds. The minimum atomic E-state index is -1.09. The lowest BCUT2D eigenvalue weighted by molar-refractivity contribution is -0.118. The summed E-state index contributed by atoms with van der Waals surface area (Å²) in [5, 5.41) is 0. The van der Waals surface area contributed by atoms with Gasteiger partial charge in [0, 0.05) is 34.9 Å². The number of hydrogen-bond donors (Lipinski definition) is 0. The van der Waals surface area contributed by atoms with E-state index in [9.17, 15) is 4.79 Å². The van der Waals surface area contributed by atoms with E-state index in [-0.39, 0.29) is 17.4 Å². The molecule has 0 spiro atoms. The molecule has 1 aliphatic heterocycles. The third-order valence-corrected chi connectivity index (χ3v) is 6.03. The molecule has 32 heavy (non-hydrogen) atoms. The van der Waals surface area contributed by atoms with Crippen molar-refractivity contribution in [2.75, 3.05) is 26.2 Å². The van der Waals surface area contributed by atoms with Crippen molar-refractivity contribution in [2.24, 2.45) is 0 Å².